The maximum absolute atomic E-state index is 5.62. The molecule has 18 heavy (non-hydrogen) atoms. The number of aromatic nitrogens is 3. The second-order valence-electron chi connectivity index (χ2n) is 3.88. The van der Waals surface area contributed by atoms with Crippen LogP contribution >= 0.6 is 11.5 Å². The van der Waals surface area contributed by atoms with Crippen molar-refractivity contribution in [2.24, 2.45) is 5.84 Å². The van der Waals surface area contributed by atoms with Gasteiger partial charge in [0.05, 0.1) is 22.6 Å². The topological polar surface area (TPSA) is 76.7 Å². The number of pyridine rings is 1. The van der Waals surface area contributed by atoms with Gasteiger partial charge in [-0.3, -0.25) is 10.8 Å². The quantitative estimate of drug-likeness (QED) is 0.551. The van der Waals surface area contributed by atoms with E-state index in [0.717, 1.165) is 21.3 Å². The van der Waals surface area contributed by atoms with Crippen molar-refractivity contribution >= 4 is 22.4 Å². The van der Waals surface area contributed by atoms with E-state index >= 15 is 0 Å². The smallest absolute Gasteiger partial charge is 0.0835 e. The summed E-state index contributed by atoms with van der Waals surface area (Å²) in [5, 5.41) is 4.95. The lowest BCUT2D eigenvalue weighted by atomic mass is 10.0. The molecule has 3 N–H and O–H groups in total. The molecule has 0 fully saturated rings. The summed E-state index contributed by atoms with van der Waals surface area (Å²) in [6.45, 7) is 0. The van der Waals surface area contributed by atoms with Crippen LogP contribution in [0.25, 0.3) is 10.9 Å². The second-order valence-corrected chi connectivity index (χ2v) is 4.69. The lowest BCUT2D eigenvalue weighted by molar-refractivity contribution is 0.646. The van der Waals surface area contributed by atoms with Crippen molar-refractivity contribution in [1.82, 2.24) is 20.0 Å². The first kappa shape index (κ1) is 11.2. The van der Waals surface area contributed by atoms with Gasteiger partial charge in [-0.15, -0.1) is 5.10 Å². The lowest BCUT2D eigenvalue weighted by Gasteiger charge is -2.14. The number of rotatable bonds is 3. The van der Waals surface area contributed by atoms with Crippen LogP contribution < -0.4 is 11.3 Å². The molecule has 0 aliphatic carbocycles. The normalized spacial score (nSPS) is 12.7. The van der Waals surface area contributed by atoms with E-state index in [9.17, 15) is 0 Å². The first-order valence-corrected chi connectivity index (χ1v) is 6.24. The van der Waals surface area contributed by atoms with Gasteiger partial charge in [0.15, 0.2) is 0 Å². The zero-order valence-corrected chi connectivity index (χ0v) is 10.3. The van der Waals surface area contributed by atoms with Gasteiger partial charge in [0, 0.05) is 11.6 Å². The number of hydrogen-bond acceptors (Lipinski definition) is 6. The van der Waals surface area contributed by atoms with Crippen LogP contribution in [0.5, 0.6) is 0 Å². The third kappa shape index (κ3) is 1.97. The Morgan fingerprint density at radius 2 is 2.22 bits per heavy atom. The van der Waals surface area contributed by atoms with E-state index in [4.69, 9.17) is 5.84 Å². The molecule has 0 spiro atoms. The van der Waals surface area contributed by atoms with Gasteiger partial charge in [-0.2, -0.15) is 0 Å². The summed E-state index contributed by atoms with van der Waals surface area (Å²) in [7, 11) is 0. The van der Waals surface area contributed by atoms with Crippen molar-refractivity contribution in [2.45, 2.75) is 6.04 Å². The van der Waals surface area contributed by atoms with Crippen LogP contribution in [0.3, 0.4) is 0 Å². The molecule has 1 unspecified atom stereocenters. The summed E-state index contributed by atoms with van der Waals surface area (Å²) in [5.74, 6) is 5.62. The van der Waals surface area contributed by atoms with Gasteiger partial charge in [0.1, 0.15) is 0 Å². The fourth-order valence-corrected chi connectivity index (χ4v) is 2.50. The highest BCUT2D eigenvalue weighted by Crippen LogP contribution is 2.25. The fraction of sp³-hybridized carbons (Fsp3) is 0.0833. The Bertz CT molecular complexity index is 652. The number of benzene rings is 1. The molecule has 0 radical (unpaired) electrons. The van der Waals surface area contributed by atoms with Crippen LogP contribution in [0.1, 0.15) is 16.5 Å². The summed E-state index contributed by atoms with van der Waals surface area (Å²) in [6.07, 6.45) is 3.50. The van der Waals surface area contributed by atoms with Gasteiger partial charge in [-0.05, 0) is 29.2 Å². The molecule has 3 aromatic rings. The zero-order chi connectivity index (χ0) is 12.4. The molecule has 1 atom stereocenters. The number of nitrogens with one attached hydrogen (secondary N) is 1. The number of hydrazine groups is 1. The minimum absolute atomic E-state index is 0.101. The molecule has 0 saturated heterocycles. The van der Waals surface area contributed by atoms with E-state index in [0.29, 0.717) is 0 Å². The van der Waals surface area contributed by atoms with E-state index in [1.807, 2.05) is 30.3 Å². The average molecular weight is 257 g/mol. The van der Waals surface area contributed by atoms with E-state index < -0.39 is 0 Å². The summed E-state index contributed by atoms with van der Waals surface area (Å²) >= 11 is 1.33. The standard InChI is InChI=1S/C12H11N5S/c13-16-12(11-7-15-17-18-11)9-4-3-8-2-1-5-14-10(8)6-9/h1-7,12,16H,13H2. The van der Waals surface area contributed by atoms with Gasteiger partial charge >= 0.3 is 0 Å². The Morgan fingerprint density at radius 3 is 3.00 bits per heavy atom. The average Bonchev–Trinajstić information content (AvgIpc) is 2.93. The maximum atomic E-state index is 5.62. The van der Waals surface area contributed by atoms with Gasteiger partial charge in [0.2, 0.25) is 0 Å². The summed E-state index contributed by atoms with van der Waals surface area (Å²) in [6, 6.07) is 9.96. The first-order chi connectivity index (χ1) is 8.88. The molecule has 90 valence electrons. The first-order valence-electron chi connectivity index (χ1n) is 5.46. The van der Waals surface area contributed by atoms with Gasteiger partial charge in [-0.25, -0.2) is 5.43 Å². The zero-order valence-electron chi connectivity index (χ0n) is 9.45. The molecule has 0 saturated carbocycles. The summed E-state index contributed by atoms with van der Waals surface area (Å²) in [5.41, 5.74) is 4.79. The third-order valence-corrected chi connectivity index (χ3v) is 3.52. The SMILES string of the molecule is NNC(c1ccc2cccnc2c1)c1cnns1. The predicted molar refractivity (Wildman–Crippen MR) is 70.8 cm³/mol. The van der Waals surface area contributed by atoms with Crippen molar-refractivity contribution in [3.63, 3.8) is 0 Å². The molecule has 6 heteroatoms. The third-order valence-electron chi connectivity index (χ3n) is 2.79. The summed E-state index contributed by atoms with van der Waals surface area (Å²) in [4.78, 5) is 5.32. The molecule has 5 nitrogen and oxygen atoms in total. The number of fused-ring (bicyclic) bond motifs is 1. The van der Waals surface area contributed by atoms with Crippen LogP contribution in [-0.2, 0) is 0 Å². The second kappa shape index (κ2) is 4.77. The monoisotopic (exact) mass is 257 g/mol. The molecule has 0 bridgehead atoms. The van der Waals surface area contributed by atoms with Crippen molar-refractivity contribution in [3.05, 3.63) is 53.2 Å². The lowest BCUT2D eigenvalue weighted by Crippen LogP contribution is -2.28. The van der Waals surface area contributed by atoms with Crippen molar-refractivity contribution in [1.29, 1.82) is 0 Å². The van der Waals surface area contributed by atoms with Crippen LogP contribution in [0.4, 0.5) is 0 Å². The highest BCUT2D eigenvalue weighted by molar-refractivity contribution is 7.05. The van der Waals surface area contributed by atoms with E-state index in [2.05, 4.69) is 20.0 Å². The molecular formula is C12H11N5S. The molecule has 1 aromatic carbocycles. The van der Waals surface area contributed by atoms with Crippen LogP contribution in [0, 0.1) is 0 Å². The largest absolute Gasteiger partial charge is 0.271 e. The molecule has 2 aromatic heterocycles. The molecule has 0 aliphatic rings. The highest BCUT2D eigenvalue weighted by Gasteiger charge is 2.15. The van der Waals surface area contributed by atoms with Gasteiger partial charge < -0.3 is 0 Å². The molecule has 0 aliphatic heterocycles. The fourth-order valence-electron chi connectivity index (χ4n) is 1.91. The van der Waals surface area contributed by atoms with Gasteiger partial charge in [-0.1, -0.05) is 22.7 Å². The Morgan fingerprint density at radius 1 is 1.28 bits per heavy atom. The van der Waals surface area contributed by atoms with Crippen LogP contribution in [0.15, 0.2) is 42.7 Å². The Balaban J connectivity index is 2.07. The maximum Gasteiger partial charge on any atom is 0.0835 e. The number of hydrogen-bond donors (Lipinski definition) is 2. The summed E-state index contributed by atoms with van der Waals surface area (Å²) < 4.78 is 3.86. The van der Waals surface area contributed by atoms with Crippen molar-refractivity contribution in [3.8, 4) is 0 Å². The Kier molecular flexibility index (Phi) is 2.97. The van der Waals surface area contributed by atoms with Crippen molar-refractivity contribution in [2.75, 3.05) is 0 Å². The Labute approximate surface area is 108 Å². The number of nitrogens with two attached hydrogens (primary N) is 1. The van der Waals surface area contributed by atoms with Crippen LogP contribution in [0.2, 0.25) is 0 Å². The minimum Gasteiger partial charge on any atom is -0.271 e. The number of nitrogens with zero attached hydrogens (tertiary/aromatic N) is 3. The molecular weight excluding hydrogens is 246 g/mol. The highest BCUT2D eigenvalue weighted by atomic mass is 32.1. The van der Waals surface area contributed by atoms with Crippen LogP contribution in [-0.4, -0.2) is 14.6 Å². The van der Waals surface area contributed by atoms with Gasteiger partial charge in [0.25, 0.3) is 0 Å². The molecule has 3 rings (SSSR count). The van der Waals surface area contributed by atoms with Crippen molar-refractivity contribution < 1.29 is 0 Å². The Hall–Kier alpha value is -1.89. The van der Waals surface area contributed by atoms with E-state index in [1.165, 1.54) is 11.5 Å². The van der Waals surface area contributed by atoms with E-state index in [-0.39, 0.29) is 6.04 Å². The predicted octanol–water partition coefficient (Wildman–Crippen LogP) is 1.64. The molecule has 0 amide bonds. The minimum atomic E-state index is -0.101. The van der Waals surface area contributed by atoms with E-state index in [1.54, 1.807) is 12.4 Å². The molecule has 2 heterocycles.